The number of hydrogen-bond acceptors (Lipinski definition) is 5. The molecule has 0 aromatic heterocycles. The molecule has 2 aliphatic heterocycles. The number of benzene rings is 2. The second-order valence-electron chi connectivity index (χ2n) is 8.48. The minimum atomic E-state index is -0.764. The minimum Gasteiger partial charge on any atom is -0.326 e. The number of amides is 5. The number of fused-ring (bicyclic) bond motifs is 1. The molecular formula is C25H26N4O5. The van der Waals surface area contributed by atoms with Crippen molar-refractivity contribution in [2.45, 2.75) is 44.4 Å². The van der Waals surface area contributed by atoms with Gasteiger partial charge in [0.15, 0.2) is 0 Å². The summed E-state index contributed by atoms with van der Waals surface area (Å²) in [7, 11) is 0. The molecule has 176 valence electrons. The monoisotopic (exact) mass is 462 g/mol. The SMILES string of the molecule is CCC1(c2ccc(NC(=O)CCC(=O)N3CC(=O)Nc4ccccc43)cc2)CCC(=O)NC1=O. The van der Waals surface area contributed by atoms with E-state index in [-0.39, 0.29) is 55.3 Å². The van der Waals surface area contributed by atoms with E-state index < -0.39 is 5.41 Å². The number of rotatable bonds is 6. The van der Waals surface area contributed by atoms with Crippen LogP contribution in [0.4, 0.5) is 17.1 Å². The molecule has 3 N–H and O–H groups in total. The van der Waals surface area contributed by atoms with E-state index in [0.29, 0.717) is 29.9 Å². The Hall–Kier alpha value is -4.01. The Morgan fingerprint density at radius 2 is 1.71 bits per heavy atom. The lowest BCUT2D eigenvalue weighted by molar-refractivity contribution is -0.138. The fourth-order valence-corrected chi connectivity index (χ4v) is 4.47. The van der Waals surface area contributed by atoms with E-state index in [0.717, 1.165) is 5.56 Å². The molecule has 34 heavy (non-hydrogen) atoms. The van der Waals surface area contributed by atoms with Crippen LogP contribution in [0, 0.1) is 0 Å². The van der Waals surface area contributed by atoms with E-state index in [1.165, 1.54) is 4.90 Å². The van der Waals surface area contributed by atoms with Gasteiger partial charge in [0.2, 0.25) is 29.5 Å². The van der Waals surface area contributed by atoms with Gasteiger partial charge in [-0.05, 0) is 42.7 Å². The van der Waals surface area contributed by atoms with Crippen LogP contribution in [0.2, 0.25) is 0 Å². The van der Waals surface area contributed by atoms with E-state index >= 15 is 0 Å². The molecular weight excluding hydrogens is 436 g/mol. The Kier molecular flexibility index (Phi) is 6.45. The van der Waals surface area contributed by atoms with E-state index in [4.69, 9.17) is 0 Å². The van der Waals surface area contributed by atoms with Crippen LogP contribution in [0.5, 0.6) is 0 Å². The molecule has 1 fully saturated rings. The molecule has 1 atom stereocenters. The van der Waals surface area contributed by atoms with Crippen molar-refractivity contribution in [2.75, 3.05) is 22.1 Å². The lowest BCUT2D eigenvalue weighted by atomic mass is 9.72. The third-order valence-electron chi connectivity index (χ3n) is 6.43. The Labute approximate surface area is 196 Å². The standard InChI is InChI=1S/C25H26N4O5/c1-2-25(14-13-21(31)28-24(25)34)16-7-9-17(10-8-16)26-20(30)11-12-23(33)29-15-22(32)27-18-5-3-4-6-19(18)29/h3-10H,2,11-15H2,1H3,(H,26,30)(H,27,32)(H,28,31,34). The summed E-state index contributed by atoms with van der Waals surface area (Å²) in [5, 5.41) is 7.91. The summed E-state index contributed by atoms with van der Waals surface area (Å²) in [6, 6.07) is 14.0. The van der Waals surface area contributed by atoms with Crippen molar-refractivity contribution in [1.82, 2.24) is 5.32 Å². The predicted octanol–water partition coefficient (Wildman–Crippen LogP) is 2.47. The second kappa shape index (κ2) is 9.46. The molecule has 2 aromatic carbocycles. The van der Waals surface area contributed by atoms with Gasteiger partial charge in [-0.3, -0.25) is 29.3 Å². The summed E-state index contributed by atoms with van der Waals surface area (Å²) in [6.45, 7) is 1.82. The molecule has 2 heterocycles. The molecule has 9 nitrogen and oxygen atoms in total. The molecule has 9 heteroatoms. The molecule has 1 saturated heterocycles. The first-order chi connectivity index (χ1) is 16.3. The molecule has 4 rings (SSSR count). The third kappa shape index (κ3) is 4.54. The van der Waals surface area contributed by atoms with E-state index in [1.54, 1.807) is 48.5 Å². The van der Waals surface area contributed by atoms with Gasteiger partial charge in [0.05, 0.1) is 16.8 Å². The van der Waals surface area contributed by atoms with Gasteiger partial charge in [0.25, 0.3) is 0 Å². The molecule has 0 radical (unpaired) electrons. The zero-order chi connectivity index (χ0) is 24.3. The summed E-state index contributed by atoms with van der Waals surface area (Å²) < 4.78 is 0. The fourth-order valence-electron chi connectivity index (χ4n) is 4.47. The van der Waals surface area contributed by atoms with Gasteiger partial charge in [-0.15, -0.1) is 0 Å². The number of carbonyl (C=O) groups is 5. The highest BCUT2D eigenvalue weighted by Crippen LogP contribution is 2.36. The van der Waals surface area contributed by atoms with E-state index in [2.05, 4.69) is 16.0 Å². The number of piperidine rings is 1. The second-order valence-corrected chi connectivity index (χ2v) is 8.48. The van der Waals surface area contributed by atoms with E-state index in [9.17, 15) is 24.0 Å². The van der Waals surface area contributed by atoms with E-state index in [1.807, 2.05) is 6.92 Å². The van der Waals surface area contributed by atoms with Gasteiger partial charge in [0, 0.05) is 24.9 Å². The van der Waals surface area contributed by atoms with Gasteiger partial charge in [0.1, 0.15) is 6.54 Å². The van der Waals surface area contributed by atoms with Crippen molar-refractivity contribution in [1.29, 1.82) is 0 Å². The molecule has 2 aromatic rings. The zero-order valence-electron chi connectivity index (χ0n) is 18.8. The molecule has 0 aliphatic carbocycles. The van der Waals surface area contributed by atoms with Crippen LogP contribution >= 0.6 is 0 Å². The van der Waals surface area contributed by atoms with Crippen molar-refractivity contribution in [3.63, 3.8) is 0 Å². The number of para-hydroxylation sites is 2. The van der Waals surface area contributed by atoms with Crippen molar-refractivity contribution >= 4 is 46.6 Å². The Morgan fingerprint density at radius 3 is 2.41 bits per heavy atom. The maximum atomic E-state index is 12.7. The summed E-state index contributed by atoms with van der Waals surface area (Å²) >= 11 is 0. The summed E-state index contributed by atoms with van der Waals surface area (Å²) in [4.78, 5) is 62.5. The maximum absolute atomic E-state index is 12.7. The quantitative estimate of drug-likeness (QED) is 0.569. The smallest absolute Gasteiger partial charge is 0.244 e. The fraction of sp³-hybridized carbons (Fsp3) is 0.320. The minimum absolute atomic E-state index is 0.0374. The predicted molar refractivity (Wildman–Crippen MR) is 126 cm³/mol. The molecule has 0 spiro atoms. The third-order valence-corrected chi connectivity index (χ3v) is 6.43. The first kappa shape index (κ1) is 23.2. The maximum Gasteiger partial charge on any atom is 0.244 e. The normalized spacial score (nSPS) is 19.7. The molecule has 1 unspecified atom stereocenters. The van der Waals surface area contributed by atoms with Crippen LogP contribution < -0.4 is 20.9 Å². The highest BCUT2D eigenvalue weighted by molar-refractivity contribution is 6.10. The Bertz CT molecular complexity index is 1160. The van der Waals surface area contributed by atoms with Gasteiger partial charge < -0.3 is 15.5 Å². The highest BCUT2D eigenvalue weighted by Gasteiger charge is 2.42. The Morgan fingerprint density at radius 1 is 0.971 bits per heavy atom. The topological polar surface area (TPSA) is 125 Å². The van der Waals surface area contributed by atoms with Crippen molar-refractivity contribution in [3.8, 4) is 0 Å². The number of carbonyl (C=O) groups excluding carboxylic acids is 5. The Balaban J connectivity index is 1.36. The summed E-state index contributed by atoms with van der Waals surface area (Å²) in [5.74, 6) is -1.48. The van der Waals surface area contributed by atoms with Crippen LogP contribution in [-0.2, 0) is 29.4 Å². The molecule has 0 saturated carbocycles. The van der Waals surface area contributed by atoms with Gasteiger partial charge in [-0.2, -0.15) is 0 Å². The van der Waals surface area contributed by atoms with Crippen LogP contribution in [0.3, 0.4) is 0 Å². The van der Waals surface area contributed by atoms with Crippen LogP contribution in [0.25, 0.3) is 0 Å². The average molecular weight is 463 g/mol. The first-order valence-corrected chi connectivity index (χ1v) is 11.3. The highest BCUT2D eigenvalue weighted by atomic mass is 16.2. The van der Waals surface area contributed by atoms with Crippen LogP contribution in [0.15, 0.2) is 48.5 Å². The molecule has 2 aliphatic rings. The molecule has 5 amide bonds. The molecule has 0 bridgehead atoms. The number of anilines is 3. The number of imide groups is 1. The van der Waals surface area contributed by atoms with Crippen molar-refractivity contribution in [2.24, 2.45) is 0 Å². The van der Waals surface area contributed by atoms with Crippen LogP contribution in [0.1, 0.15) is 44.6 Å². The largest absolute Gasteiger partial charge is 0.326 e. The zero-order valence-corrected chi connectivity index (χ0v) is 18.8. The lowest BCUT2D eigenvalue weighted by Gasteiger charge is -2.35. The summed E-state index contributed by atoms with van der Waals surface area (Å²) in [6.07, 6.45) is 1.20. The van der Waals surface area contributed by atoms with Crippen molar-refractivity contribution < 1.29 is 24.0 Å². The van der Waals surface area contributed by atoms with Gasteiger partial charge >= 0.3 is 0 Å². The lowest BCUT2D eigenvalue weighted by Crippen LogP contribution is -2.51. The number of nitrogens with zero attached hydrogens (tertiary/aromatic N) is 1. The van der Waals surface area contributed by atoms with Gasteiger partial charge in [-0.25, -0.2) is 0 Å². The van der Waals surface area contributed by atoms with Gasteiger partial charge in [-0.1, -0.05) is 31.2 Å². The number of nitrogens with one attached hydrogen (secondary N) is 3. The summed E-state index contributed by atoms with van der Waals surface area (Å²) in [5.41, 5.74) is 1.75. The van der Waals surface area contributed by atoms with Crippen LogP contribution in [-0.4, -0.2) is 36.1 Å². The average Bonchev–Trinajstić information content (AvgIpc) is 2.83. The number of hydrogen-bond donors (Lipinski definition) is 3. The first-order valence-electron chi connectivity index (χ1n) is 11.3. The van der Waals surface area contributed by atoms with Crippen molar-refractivity contribution in [3.05, 3.63) is 54.1 Å².